The molecule has 0 bridgehead atoms. The van der Waals surface area contributed by atoms with Crippen LogP contribution in [0.5, 0.6) is 0 Å². The van der Waals surface area contributed by atoms with E-state index >= 15 is 0 Å². The van der Waals surface area contributed by atoms with Crippen LogP contribution < -0.4 is 0 Å². The molecule has 5 nitrogen and oxygen atoms in total. The number of sulfonamides is 1. The molecule has 4 aliphatic rings. The molecule has 0 spiro atoms. The van der Waals surface area contributed by atoms with Crippen LogP contribution in [-0.2, 0) is 27.7 Å². The third-order valence-corrected chi connectivity index (χ3v) is 10.2. The van der Waals surface area contributed by atoms with Crippen molar-refractivity contribution in [1.82, 2.24) is 9.21 Å². The van der Waals surface area contributed by atoms with Crippen LogP contribution in [0.4, 0.5) is 0 Å². The van der Waals surface area contributed by atoms with Crippen LogP contribution in [0.25, 0.3) is 0 Å². The van der Waals surface area contributed by atoms with Gasteiger partial charge in [0, 0.05) is 31.6 Å². The number of carbonyl (C=O) groups excluding carboxylic acids is 1. The van der Waals surface area contributed by atoms with Crippen molar-refractivity contribution in [3.63, 3.8) is 0 Å². The van der Waals surface area contributed by atoms with Gasteiger partial charge in [0.2, 0.25) is 15.9 Å². The molecule has 1 aromatic rings. The van der Waals surface area contributed by atoms with Crippen molar-refractivity contribution >= 4 is 15.9 Å². The van der Waals surface area contributed by atoms with Crippen LogP contribution >= 0.6 is 0 Å². The van der Waals surface area contributed by atoms with Crippen LogP contribution in [0.1, 0.15) is 75.3 Å². The first-order valence-corrected chi connectivity index (χ1v) is 13.9. The molecule has 5 rings (SSSR count). The van der Waals surface area contributed by atoms with E-state index in [0.717, 1.165) is 38.6 Å². The lowest BCUT2D eigenvalue weighted by molar-refractivity contribution is -0.143. The number of nitrogens with zero attached hydrogens (tertiary/aromatic N) is 2. The average Bonchev–Trinajstić information content (AvgIpc) is 2.83. The van der Waals surface area contributed by atoms with Crippen LogP contribution in [0.15, 0.2) is 23.1 Å². The third-order valence-electron chi connectivity index (χ3n) is 8.29. The first-order chi connectivity index (χ1) is 15.0. The molecule has 2 heterocycles. The SMILES string of the molecule is O=C(C1CCN(S(=O)(=O)c2ccc3c(c2)CCCC3)CC1)N1CCCC2CCCCC21. The summed E-state index contributed by atoms with van der Waals surface area (Å²) in [5.74, 6) is 0.967. The van der Waals surface area contributed by atoms with Crippen LogP contribution in [-0.4, -0.2) is 49.2 Å². The van der Waals surface area contributed by atoms with Crippen molar-refractivity contribution in [3.05, 3.63) is 29.3 Å². The molecule has 3 fully saturated rings. The summed E-state index contributed by atoms with van der Waals surface area (Å²) in [5.41, 5.74) is 2.50. The zero-order valence-electron chi connectivity index (χ0n) is 18.6. The van der Waals surface area contributed by atoms with E-state index in [2.05, 4.69) is 4.90 Å². The molecule has 2 atom stereocenters. The highest BCUT2D eigenvalue weighted by molar-refractivity contribution is 7.89. The summed E-state index contributed by atoms with van der Waals surface area (Å²) in [4.78, 5) is 16.0. The quantitative estimate of drug-likeness (QED) is 0.704. The summed E-state index contributed by atoms with van der Waals surface area (Å²) in [6.07, 6.45) is 13.0. The van der Waals surface area contributed by atoms with Crippen molar-refractivity contribution < 1.29 is 13.2 Å². The maximum atomic E-state index is 13.4. The molecule has 1 saturated carbocycles. The second-order valence-corrected chi connectivity index (χ2v) is 12.0. The van der Waals surface area contributed by atoms with E-state index in [1.807, 2.05) is 12.1 Å². The molecule has 6 heteroatoms. The van der Waals surface area contributed by atoms with Crippen molar-refractivity contribution in [2.75, 3.05) is 19.6 Å². The number of piperidine rings is 2. The largest absolute Gasteiger partial charge is 0.339 e. The standard InChI is InChI=1S/C25H36N2O3S/c28-25(27-15-5-9-20-7-3-4-10-24(20)27)21-13-16-26(17-14-21)31(29,30)23-12-11-19-6-1-2-8-22(19)18-23/h11-12,18,20-21,24H,1-10,13-17H2. The topological polar surface area (TPSA) is 57.7 Å². The fraction of sp³-hybridized carbons (Fsp3) is 0.720. The molecule has 2 saturated heterocycles. The van der Waals surface area contributed by atoms with Gasteiger partial charge in [0.15, 0.2) is 0 Å². The van der Waals surface area contributed by atoms with Gasteiger partial charge in [-0.05, 0) is 93.4 Å². The molecule has 1 aromatic carbocycles. The Hall–Kier alpha value is -1.40. The van der Waals surface area contributed by atoms with E-state index in [1.54, 1.807) is 10.4 Å². The van der Waals surface area contributed by atoms with Crippen molar-refractivity contribution in [2.24, 2.45) is 11.8 Å². The molecule has 0 N–H and O–H groups in total. The summed E-state index contributed by atoms with van der Waals surface area (Å²) < 4.78 is 28.2. The number of aryl methyl sites for hydroxylation is 2. The van der Waals surface area contributed by atoms with Gasteiger partial charge < -0.3 is 4.90 Å². The number of carbonyl (C=O) groups is 1. The monoisotopic (exact) mass is 444 g/mol. The van der Waals surface area contributed by atoms with Crippen LogP contribution in [0, 0.1) is 11.8 Å². The number of hydrogen-bond donors (Lipinski definition) is 0. The van der Waals surface area contributed by atoms with Crippen molar-refractivity contribution in [2.45, 2.75) is 88.0 Å². The highest BCUT2D eigenvalue weighted by Crippen LogP contribution is 2.37. The van der Waals surface area contributed by atoms with Gasteiger partial charge in [0.1, 0.15) is 0 Å². The van der Waals surface area contributed by atoms with E-state index in [0.29, 0.717) is 48.7 Å². The van der Waals surface area contributed by atoms with Gasteiger partial charge in [-0.3, -0.25) is 4.79 Å². The van der Waals surface area contributed by atoms with Gasteiger partial charge in [0.25, 0.3) is 0 Å². The number of likely N-dealkylation sites (tertiary alicyclic amines) is 1. The van der Waals surface area contributed by atoms with E-state index in [4.69, 9.17) is 0 Å². The first kappa shape index (κ1) is 21.4. The smallest absolute Gasteiger partial charge is 0.243 e. The van der Waals surface area contributed by atoms with Crippen molar-refractivity contribution in [1.29, 1.82) is 0 Å². The first-order valence-electron chi connectivity index (χ1n) is 12.5. The fourth-order valence-corrected chi connectivity index (χ4v) is 8.02. The number of amides is 1. The van der Waals surface area contributed by atoms with E-state index in [9.17, 15) is 13.2 Å². The summed E-state index contributed by atoms with van der Waals surface area (Å²) in [5, 5.41) is 0. The predicted octanol–water partition coefficient (Wildman–Crippen LogP) is 4.15. The van der Waals surface area contributed by atoms with E-state index < -0.39 is 10.0 Å². The molecule has 2 unspecified atom stereocenters. The average molecular weight is 445 g/mol. The number of hydrogen-bond acceptors (Lipinski definition) is 3. The van der Waals surface area contributed by atoms with Gasteiger partial charge in [0.05, 0.1) is 4.90 Å². The highest BCUT2D eigenvalue weighted by atomic mass is 32.2. The molecule has 170 valence electrons. The minimum atomic E-state index is -3.48. The lowest BCUT2D eigenvalue weighted by atomic mass is 9.77. The molecule has 0 aromatic heterocycles. The molecule has 2 aliphatic carbocycles. The molecule has 0 radical (unpaired) electrons. The second-order valence-electron chi connectivity index (χ2n) is 10.1. The van der Waals surface area contributed by atoms with Gasteiger partial charge in [-0.25, -0.2) is 8.42 Å². The Morgan fingerprint density at radius 1 is 0.806 bits per heavy atom. The lowest BCUT2D eigenvalue weighted by Gasteiger charge is -2.46. The Bertz CT molecular complexity index is 919. The summed E-state index contributed by atoms with van der Waals surface area (Å²) in [7, 11) is -3.48. The molecule has 31 heavy (non-hydrogen) atoms. The van der Waals surface area contributed by atoms with Gasteiger partial charge in [-0.1, -0.05) is 18.9 Å². The Balaban J connectivity index is 1.24. The van der Waals surface area contributed by atoms with Gasteiger partial charge in [-0.15, -0.1) is 0 Å². The zero-order valence-corrected chi connectivity index (χ0v) is 19.4. The summed E-state index contributed by atoms with van der Waals surface area (Å²) in [6, 6.07) is 6.13. The minimum absolute atomic E-state index is 0.0179. The normalized spacial score (nSPS) is 28.1. The minimum Gasteiger partial charge on any atom is -0.339 e. The Kier molecular flexibility index (Phi) is 6.13. The molecule has 1 amide bonds. The molecular weight excluding hydrogens is 408 g/mol. The number of benzene rings is 1. The second kappa shape index (κ2) is 8.86. The lowest BCUT2D eigenvalue weighted by Crippen LogP contribution is -2.53. The molecule has 2 aliphatic heterocycles. The number of rotatable bonds is 3. The van der Waals surface area contributed by atoms with E-state index in [-0.39, 0.29) is 5.92 Å². The summed E-state index contributed by atoms with van der Waals surface area (Å²) >= 11 is 0. The predicted molar refractivity (Wildman–Crippen MR) is 121 cm³/mol. The Morgan fingerprint density at radius 2 is 1.52 bits per heavy atom. The Morgan fingerprint density at radius 3 is 2.32 bits per heavy atom. The highest BCUT2D eigenvalue weighted by Gasteiger charge is 2.40. The fourth-order valence-electron chi connectivity index (χ4n) is 6.50. The van der Waals surface area contributed by atoms with Gasteiger partial charge >= 0.3 is 0 Å². The third kappa shape index (κ3) is 4.18. The Labute approximate surface area is 187 Å². The number of fused-ring (bicyclic) bond motifs is 2. The van der Waals surface area contributed by atoms with E-state index in [1.165, 1.54) is 43.2 Å². The van der Waals surface area contributed by atoms with Crippen LogP contribution in [0.3, 0.4) is 0 Å². The zero-order chi connectivity index (χ0) is 21.4. The molecular formula is C25H36N2O3S. The van der Waals surface area contributed by atoms with Crippen molar-refractivity contribution in [3.8, 4) is 0 Å². The maximum absolute atomic E-state index is 13.4. The van der Waals surface area contributed by atoms with Crippen LogP contribution in [0.2, 0.25) is 0 Å². The summed E-state index contributed by atoms with van der Waals surface area (Å²) in [6.45, 7) is 1.81. The maximum Gasteiger partial charge on any atom is 0.243 e. The van der Waals surface area contributed by atoms with Gasteiger partial charge in [-0.2, -0.15) is 4.31 Å².